The zero-order valence-corrected chi connectivity index (χ0v) is 8.88. The Hall–Kier alpha value is -1.62. The van der Waals surface area contributed by atoms with Gasteiger partial charge in [0.2, 0.25) is 0 Å². The summed E-state index contributed by atoms with van der Waals surface area (Å²) >= 11 is 0. The van der Waals surface area contributed by atoms with Crippen molar-refractivity contribution in [3.63, 3.8) is 0 Å². The van der Waals surface area contributed by atoms with Crippen LogP contribution in [0.4, 0.5) is 10.6 Å². The van der Waals surface area contributed by atoms with E-state index >= 15 is 0 Å². The van der Waals surface area contributed by atoms with Gasteiger partial charge in [0.1, 0.15) is 0 Å². The van der Waals surface area contributed by atoms with Crippen molar-refractivity contribution in [2.24, 2.45) is 11.8 Å². The molecule has 2 N–H and O–H groups in total. The molecule has 1 aromatic rings. The molecule has 5 heteroatoms. The Labute approximate surface area is 88.8 Å². The molecule has 0 bridgehead atoms. The predicted octanol–water partition coefficient (Wildman–Crippen LogP) is 1.55. The summed E-state index contributed by atoms with van der Waals surface area (Å²) in [6.45, 7) is 4.25. The van der Waals surface area contributed by atoms with Crippen LogP contribution in [-0.4, -0.2) is 17.7 Å². The van der Waals surface area contributed by atoms with Crippen LogP contribution in [0, 0.1) is 5.92 Å². The van der Waals surface area contributed by atoms with Crippen LogP contribution >= 0.6 is 0 Å². The van der Waals surface area contributed by atoms with Gasteiger partial charge in [0.15, 0.2) is 5.82 Å². The minimum Gasteiger partial charge on any atom is -0.448 e. The number of anilines is 1. The number of aromatic nitrogens is 1. The molecule has 1 aromatic heterocycles. The van der Waals surface area contributed by atoms with Crippen molar-refractivity contribution in [3.8, 4) is 0 Å². The molecule has 0 aliphatic heterocycles. The molecule has 0 radical (unpaired) electrons. The van der Waals surface area contributed by atoms with Crippen LogP contribution in [0.2, 0.25) is 0 Å². The van der Waals surface area contributed by atoms with Gasteiger partial charge in [-0.3, -0.25) is 0 Å². The van der Waals surface area contributed by atoms with Crippen LogP contribution in [0.15, 0.2) is 24.4 Å². The monoisotopic (exact) mass is 209 g/mol. The van der Waals surface area contributed by atoms with Gasteiger partial charge in [-0.1, -0.05) is 19.9 Å². The van der Waals surface area contributed by atoms with Gasteiger partial charge < -0.3 is 4.74 Å². The average Bonchev–Trinajstić information content (AvgIpc) is 2.26. The number of hydrogen-bond acceptors (Lipinski definition) is 4. The number of hydrogen-bond donors (Lipinski definition) is 1. The van der Waals surface area contributed by atoms with Crippen LogP contribution in [0.1, 0.15) is 13.8 Å². The highest BCUT2D eigenvalue weighted by molar-refractivity contribution is 5.84. The second-order valence-corrected chi connectivity index (χ2v) is 3.53. The number of pyridine rings is 1. The molecular formula is C10H15N3O2. The zero-order valence-electron chi connectivity index (χ0n) is 8.88. The van der Waals surface area contributed by atoms with Crippen molar-refractivity contribution >= 4 is 11.9 Å². The first-order valence-electron chi connectivity index (χ1n) is 4.74. The van der Waals surface area contributed by atoms with Crippen LogP contribution in [0.3, 0.4) is 0 Å². The van der Waals surface area contributed by atoms with Gasteiger partial charge in [-0.25, -0.2) is 15.6 Å². The summed E-state index contributed by atoms with van der Waals surface area (Å²) in [5.74, 6) is 6.17. The van der Waals surface area contributed by atoms with Gasteiger partial charge in [0.05, 0.1) is 6.61 Å². The molecular weight excluding hydrogens is 194 g/mol. The standard InChI is InChI=1S/C10H15N3O2/c1-8(2)7-15-10(14)13(11)9-5-3-4-6-12-9/h3-6,8H,7,11H2,1-2H3. The van der Waals surface area contributed by atoms with Crippen molar-refractivity contribution in [2.45, 2.75) is 13.8 Å². The number of hydrazine groups is 1. The van der Waals surface area contributed by atoms with E-state index < -0.39 is 6.09 Å². The maximum absolute atomic E-state index is 11.4. The van der Waals surface area contributed by atoms with Crippen LogP contribution in [-0.2, 0) is 4.74 Å². The van der Waals surface area contributed by atoms with E-state index in [4.69, 9.17) is 10.6 Å². The van der Waals surface area contributed by atoms with Crippen LogP contribution < -0.4 is 10.9 Å². The lowest BCUT2D eigenvalue weighted by atomic mass is 10.2. The fourth-order valence-corrected chi connectivity index (χ4v) is 0.897. The summed E-state index contributed by atoms with van der Waals surface area (Å²) in [5, 5.41) is 0.891. The van der Waals surface area contributed by atoms with Crippen LogP contribution in [0.25, 0.3) is 0 Å². The second-order valence-electron chi connectivity index (χ2n) is 3.53. The quantitative estimate of drug-likeness (QED) is 0.466. The SMILES string of the molecule is CC(C)COC(=O)N(N)c1ccccn1. The fraction of sp³-hybridized carbons (Fsp3) is 0.400. The Bertz CT molecular complexity index is 314. The molecule has 0 saturated heterocycles. The van der Waals surface area contributed by atoms with E-state index in [0.717, 1.165) is 5.01 Å². The predicted molar refractivity (Wildman–Crippen MR) is 57.1 cm³/mol. The number of nitrogens with two attached hydrogens (primary N) is 1. The first-order chi connectivity index (χ1) is 7.11. The summed E-state index contributed by atoms with van der Waals surface area (Å²) in [4.78, 5) is 15.3. The lowest BCUT2D eigenvalue weighted by Crippen LogP contribution is -2.39. The summed E-state index contributed by atoms with van der Waals surface area (Å²) < 4.78 is 4.94. The van der Waals surface area contributed by atoms with Gasteiger partial charge in [-0.15, -0.1) is 0 Å². The van der Waals surface area contributed by atoms with E-state index in [2.05, 4.69) is 4.98 Å². The van der Waals surface area contributed by atoms with E-state index in [1.807, 2.05) is 13.8 Å². The van der Waals surface area contributed by atoms with E-state index in [0.29, 0.717) is 12.4 Å². The molecule has 1 rings (SSSR count). The molecule has 1 amide bonds. The average molecular weight is 209 g/mol. The molecule has 0 aliphatic rings. The number of carbonyl (C=O) groups is 1. The van der Waals surface area contributed by atoms with Crippen molar-refractivity contribution < 1.29 is 9.53 Å². The molecule has 15 heavy (non-hydrogen) atoms. The lowest BCUT2D eigenvalue weighted by Gasteiger charge is -2.15. The van der Waals surface area contributed by atoms with Gasteiger partial charge in [0, 0.05) is 6.20 Å². The number of ether oxygens (including phenoxy) is 1. The highest BCUT2D eigenvalue weighted by atomic mass is 16.6. The molecule has 0 aromatic carbocycles. The molecule has 0 unspecified atom stereocenters. The van der Waals surface area contributed by atoms with Crippen molar-refractivity contribution in [2.75, 3.05) is 11.6 Å². The third-order valence-electron chi connectivity index (χ3n) is 1.63. The highest BCUT2D eigenvalue weighted by Crippen LogP contribution is 2.06. The number of carbonyl (C=O) groups excluding carboxylic acids is 1. The Morgan fingerprint density at radius 3 is 2.87 bits per heavy atom. The minimum atomic E-state index is -0.595. The molecule has 0 fully saturated rings. The summed E-state index contributed by atoms with van der Waals surface area (Å²) in [6, 6.07) is 5.13. The van der Waals surface area contributed by atoms with E-state index in [1.165, 1.54) is 0 Å². The van der Waals surface area contributed by atoms with Crippen molar-refractivity contribution in [1.82, 2.24) is 4.98 Å². The summed E-state index contributed by atoms with van der Waals surface area (Å²) in [6.07, 6.45) is 0.965. The van der Waals surface area contributed by atoms with E-state index in [1.54, 1.807) is 24.4 Å². The molecule has 0 atom stereocenters. The van der Waals surface area contributed by atoms with E-state index in [9.17, 15) is 4.79 Å². The number of rotatable bonds is 3. The third kappa shape index (κ3) is 3.55. The topological polar surface area (TPSA) is 68.5 Å². The summed E-state index contributed by atoms with van der Waals surface area (Å²) in [7, 11) is 0. The maximum Gasteiger partial charge on any atom is 0.430 e. The molecule has 5 nitrogen and oxygen atoms in total. The first kappa shape index (κ1) is 11.5. The largest absolute Gasteiger partial charge is 0.448 e. The first-order valence-corrected chi connectivity index (χ1v) is 4.74. The summed E-state index contributed by atoms with van der Waals surface area (Å²) in [5.41, 5.74) is 0. The Morgan fingerprint density at radius 1 is 1.60 bits per heavy atom. The molecule has 82 valence electrons. The van der Waals surface area contributed by atoms with Gasteiger partial charge in [-0.2, -0.15) is 5.01 Å². The molecule has 0 spiro atoms. The van der Waals surface area contributed by atoms with Gasteiger partial charge in [-0.05, 0) is 18.1 Å². The van der Waals surface area contributed by atoms with E-state index in [-0.39, 0.29) is 5.92 Å². The molecule has 0 saturated carbocycles. The number of nitrogens with zero attached hydrogens (tertiary/aromatic N) is 2. The lowest BCUT2D eigenvalue weighted by molar-refractivity contribution is 0.140. The normalized spacial score (nSPS) is 10.1. The zero-order chi connectivity index (χ0) is 11.3. The maximum atomic E-state index is 11.4. The van der Waals surface area contributed by atoms with Gasteiger partial charge in [0.25, 0.3) is 0 Å². The Balaban J connectivity index is 2.54. The van der Waals surface area contributed by atoms with Crippen LogP contribution in [0.5, 0.6) is 0 Å². The fourth-order valence-electron chi connectivity index (χ4n) is 0.897. The third-order valence-corrected chi connectivity index (χ3v) is 1.63. The smallest absolute Gasteiger partial charge is 0.430 e. The van der Waals surface area contributed by atoms with Crippen molar-refractivity contribution in [3.05, 3.63) is 24.4 Å². The Morgan fingerprint density at radius 2 is 2.33 bits per heavy atom. The van der Waals surface area contributed by atoms with Gasteiger partial charge >= 0.3 is 6.09 Å². The molecule has 0 aliphatic carbocycles. The minimum absolute atomic E-state index is 0.283. The Kier molecular flexibility index (Phi) is 4.05. The second kappa shape index (κ2) is 5.31. The highest BCUT2D eigenvalue weighted by Gasteiger charge is 2.14. The number of amides is 1. The van der Waals surface area contributed by atoms with Crippen molar-refractivity contribution in [1.29, 1.82) is 0 Å². The molecule has 1 heterocycles.